The predicted molar refractivity (Wildman–Crippen MR) is 89.9 cm³/mol. The molecule has 1 aromatic heterocycles. The lowest BCUT2D eigenvalue weighted by atomic mass is 9.92. The predicted octanol–water partition coefficient (Wildman–Crippen LogP) is 3.01. The average Bonchev–Trinajstić information content (AvgIpc) is 3.11. The molecule has 120 valence electrons. The van der Waals surface area contributed by atoms with Crippen LogP contribution in [0.4, 0.5) is 0 Å². The second-order valence-corrected chi connectivity index (χ2v) is 6.78. The molecule has 4 nitrogen and oxygen atoms in total. The second kappa shape index (κ2) is 7.06. The number of hydrogen-bond donors (Lipinski definition) is 2. The number of amides is 1. The van der Waals surface area contributed by atoms with E-state index in [-0.39, 0.29) is 23.8 Å². The average molecular weight is 329 g/mol. The standard InChI is InChI=1S/C18H19NO3S/c20-13-9-7-12(8-10-13)19-18(22)15-5-2-1-4-14(15)17(21)16-6-3-11-23-16/h1-6,11-13,20H,7-10H2,(H,19,22). The molecule has 0 radical (unpaired) electrons. The van der Waals surface area contributed by atoms with Gasteiger partial charge in [0.15, 0.2) is 0 Å². The lowest BCUT2D eigenvalue weighted by Crippen LogP contribution is -2.39. The van der Waals surface area contributed by atoms with E-state index in [4.69, 9.17) is 0 Å². The highest BCUT2D eigenvalue weighted by Gasteiger charge is 2.24. The monoisotopic (exact) mass is 329 g/mol. The molecule has 23 heavy (non-hydrogen) atoms. The highest BCUT2D eigenvalue weighted by atomic mass is 32.1. The summed E-state index contributed by atoms with van der Waals surface area (Å²) >= 11 is 1.37. The molecule has 1 saturated carbocycles. The molecule has 0 aliphatic heterocycles. The largest absolute Gasteiger partial charge is 0.393 e. The lowest BCUT2D eigenvalue weighted by molar-refractivity contribution is 0.0863. The minimum Gasteiger partial charge on any atom is -0.393 e. The third kappa shape index (κ3) is 3.68. The van der Waals surface area contributed by atoms with E-state index in [1.165, 1.54) is 11.3 Å². The minimum atomic E-state index is -0.254. The Morgan fingerprint density at radius 3 is 2.35 bits per heavy atom. The van der Waals surface area contributed by atoms with Crippen molar-refractivity contribution in [2.45, 2.75) is 37.8 Å². The van der Waals surface area contributed by atoms with Crippen LogP contribution in [0, 0.1) is 0 Å². The zero-order valence-electron chi connectivity index (χ0n) is 12.7. The van der Waals surface area contributed by atoms with Gasteiger partial charge in [-0.1, -0.05) is 24.3 Å². The number of hydrogen-bond acceptors (Lipinski definition) is 4. The van der Waals surface area contributed by atoms with E-state index < -0.39 is 0 Å². The van der Waals surface area contributed by atoms with Crippen LogP contribution in [0.1, 0.15) is 51.3 Å². The van der Waals surface area contributed by atoms with Crippen molar-refractivity contribution in [1.82, 2.24) is 5.32 Å². The number of ketones is 1. The molecule has 1 aromatic carbocycles. The van der Waals surface area contributed by atoms with Gasteiger partial charge in [-0.3, -0.25) is 9.59 Å². The molecule has 0 atom stereocenters. The minimum absolute atomic E-state index is 0.0656. The van der Waals surface area contributed by atoms with E-state index >= 15 is 0 Å². The first-order valence-corrected chi connectivity index (χ1v) is 8.69. The van der Waals surface area contributed by atoms with Gasteiger partial charge < -0.3 is 10.4 Å². The number of carbonyl (C=O) groups excluding carboxylic acids is 2. The number of thiophene rings is 1. The van der Waals surface area contributed by atoms with E-state index in [0.717, 1.165) is 12.8 Å². The van der Waals surface area contributed by atoms with Crippen molar-refractivity contribution in [2.75, 3.05) is 0 Å². The van der Waals surface area contributed by atoms with Crippen LogP contribution in [0.15, 0.2) is 41.8 Å². The molecule has 3 rings (SSSR count). The number of benzene rings is 1. The third-order valence-electron chi connectivity index (χ3n) is 4.19. The van der Waals surface area contributed by atoms with Crippen molar-refractivity contribution >= 4 is 23.0 Å². The van der Waals surface area contributed by atoms with Gasteiger partial charge in [0.2, 0.25) is 5.78 Å². The van der Waals surface area contributed by atoms with Gasteiger partial charge in [-0.05, 0) is 43.2 Å². The van der Waals surface area contributed by atoms with E-state index in [2.05, 4.69) is 5.32 Å². The van der Waals surface area contributed by atoms with Crippen molar-refractivity contribution in [3.8, 4) is 0 Å². The Labute approximate surface area is 139 Å². The van der Waals surface area contributed by atoms with Gasteiger partial charge in [0, 0.05) is 11.6 Å². The van der Waals surface area contributed by atoms with Crippen molar-refractivity contribution in [1.29, 1.82) is 0 Å². The summed E-state index contributed by atoms with van der Waals surface area (Å²) in [4.78, 5) is 25.8. The van der Waals surface area contributed by atoms with Gasteiger partial charge in [-0.25, -0.2) is 0 Å². The van der Waals surface area contributed by atoms with Crippen LogP contribution in [0.5, 0.6) is 0 Å². The van der Waals surface area contributed by atoms with E-state index in [1.54, 1.807) is 30.3 Å². The highest BCUT2D eigenvalue weighted by Crippen LogP contribution is 2.21. The zero-order chi connectivity index (χ0) is 16.2. The highest BCUT2D eigenvalue weighted by molar-refractivity contribution is 7.12. The van der Waals surface area contributed by atoms with E-state index in [1.807, 2.05) is 11.4 Å². The van der Waals surface area contributed by atoms with Gasteiger partial charge in [-0.2, -0.15) is 0 Å². The van der Waals surface area contributed by atoms with Crippen molar-refractivity contribution in [3.05, 3.63) is 57.8 Å². The maximum atomic E-state index is 12.6. The Hall–Kier alpha value is -1.98. The van der Waals surface area contributed by atoms with Crippen LogP contribution < -0.4 is 5.32 Å². The van der Waals surface area contributed by atoms with E-state index in [0.29, 0.717) is 28.8 Å². The number of rotatable bonds is 4. The van der Waals surface area contributed by atoms with Crippen LogP contribution in [-0.2, 0) is 0 Å². The van der Waals surface area contributed by atoms with Crippen LogP contribution in [0.25, 0.3) is 0 Å². The van der Waals surface area contributed by atoms with Crippen molar-refractivity contribution < 1.29 is 14.7 Å². The molecule has 0 saturated heterocycles. The summed E-state index contributed by atoms with van der Waals surface area (Å²) < 4.78 is 0. The molecule has 1 heterocycles. The number of aliphatic hydroxyl groups excluding tert-OH is 1. The molecule has 0 unspecified atom stereocenters. The molecule has 1 amide bonds. The van der Waals surface area contributed by atoms with Crippen LogP contribution in [0.3, 0.4) is 0 Å². The van der Waals surface area contributed by atoms with Crippen LogP contribution in [-0.4, -0.2) is 28.9 Å². The molecule has 5 heteroatoms. The quantitative estimate of drug-likeness (QED) is 0.848. The smallest absolute Gasteiger partial charge is 0.252 e. The Kier molecular flexibility index (Phi) is 4.88. The van der Waals surface area contributed by atoms with Crippen molar-refractivity contribution in [2.24, 2.45) is 0 Å². The van der Waals surface area contributed by atoms with Gasteiger partial charge in [0.1, 0.15) is 0 Å². The molecule has 2 N–H and O–H groups in total. The lowest BCUT2D eigenvalue weighted by Gasteiger charge is -2.26. The third-order valence-corrected chi connectivity index (χ3v) is 5.06. The fourth-order valence-electron chi connectivity index (χ4n) is 2.90. The number of aliphatic hydroxyl groups is 1. The van der Waals surface area contributed by atoms with Crippen molar-refractivity contribution in [3.63, 3.8) is 0 Å². The first kappa shape index (κ1) is 15.9. The zero-order valence-corrected chi connectivity index (χ0v) is 13.5. The molecule has 1 aliphatic rings. The fraction of sp³-hybridized carbons (Fsp3) is 0.333. The van der Waals surface area contributed by atoms with Crippen LogP contribution in [0.2, 0.25) is 0 Å². The SMILES string of the molecule is O=C(NC1CCC(O)CC1)c1ccccc1C(=O)c1cccs1. The summed E-state index contributed by atoms with van der Waals surface area (Å²) in [5.74, 6) is -0.336. The first-order chi connectivity index (χ1) is 11.1. The Bertz CT molecular complexity index is 688. The first-order valence-electron chi connectivity index (χ1n) is 7.81. The van der Waals surface area contributed by atoms with Gasteiger partial charge in [0.25, 0.3) is 5.91 Å². The maximum absolute atomic E-state index is 12.6. The summed E-state index contributed by atoms with van der Waals surface area (Å²) in [5.41, 5.74) is 0.848. The molecule has 1 aliphatic carbocycles. The maximum Gasteiger partial charge on any atom is 0.252 e. The van der Waals surface area contributed by atoms with Gasteiger partial charge in [-0.15, -0.1) is 11.3 Å². The van der Waals surface area contributed by atoms with Gasteiger partial charge >= 0.3 is 0 Å². The molecule has 0 spiro atoms. The Morgan fingerprint density at radius 2 is 1.70 bits per heavy atom. The second-order valence-electron chi connectivity index (χ2n) is 5.83. The molecular formula is C18H19NO3S. The fourth-order valence-corrected chi connectivity index (χ4v) is 3.58. The Balaban J connectivity index is 1.77. The Morgan fingerprint density at radius 1 is 1.00 bits per heavy atom. The summed E-state index contributed by atoms with van der Waals surface area (Å²) in [6.07, 6.45) is 2.71. The summed E-state index contributed by atoms with van der Waals surface area (Å²) in [5, 5.41) is 14.4. The summed E-state index contributed by atoms with van der Waals surface area (Å²) in [6.45, 7) is 0. The van der Waals surface area contributed by atoms with E-state index in [9.17, 15) is 14.7 Å². The molecular weight excluding hydrogens is 310 g/mol. The number of carbonyl (C=O) groups is 2. The normalized spacial score (nSPS) is 20.9. The van der Waals surface area contributed by atoms with Gasteiger partial charge in [0.05, 0.1) is 16.5 Å². The molecule has 2 aromatic rings. The summed E-state index contributed by atoms with van der Waals surface area (Å²) in [7, 11) is 0. The summed E-state index contributed by atoms with van der Waals surface area (Å²) in [6, 6.07) is 10.6. The number of nitrogens with one attached hydrogen (secondary N) is 1. The topological polar surface area (TPSA) is 66.4 Å². The van der Waals surface area contributed by atoms with Crippen LogP contribution >= 0.6 is 11.3 Å². The molecule has 1 fully saturated rings. The molecule has 0 bridgehead atoms.